The van der Waals surface area contributed by atoms with Crippen LogP contribution in [0, 0.1) is 23.3 Å². The van der Waals surface area contributed by atoms with Gasteiger partial charge in [0.05, 0.1) is 18.2 Å². The van der Waals surface area contributed by atoms with Crippen LogP contribution in [0.2, 0.25) is 0 Å². The zero-order valence-corrected chi connectivity index (χ0v) is 9.62. The van der Waals surface area contributed by atoms with Crippen LogP contribution in [0.15, 0.2) is 6.07 Å². The molecule has 1 heterocycles. The first kappa shape index (κ1) is 14.6. The highest BCUT2D eigenvalue weighted by Gasteiger charge is 2.29. The van der Waals surface area contributed by atoms with Gasteiger partial charge in [0.2, 0.25) is 0 Å². The molecule has 1 N–H and O–H groups in total. The molecule has 18 heavy (non-hydrogen) atoms. The van der Waals surface area contributed by atoms with E-state index in [2.05, 4.69) is 10.1 Å². The van der Waals surface area contributed by atoms with E-state index in [4.69, 9.17) is 0 Å². The Bertz CT molecular complexity index is 457. The Morgan fingerprint density at radius 1 is 1.17 bits per heavy atom. The van der Waals surface area contributed by atoms with Gasteiger partial charge in [-0.05, 0) is 0 Å². The number of nitrogens with one attached hydrogen (secondary N) is 1. The van der Waals surface area contributed by atoms with Crippen molar-refractivity contribution in [1.82, 2.24) is 5.32 Å². The largest absolute Gasteiger partial charge is 0.449 e. The smallest absolute Gasteiger partial charge is 0.407 e. The van der Waals surface area contributed by atoms with E-state index in [0.29, 0.717) is 0 Å². The fraction of sp³-hybridized carbons (Fsp3) is 0.300. The lowest BCUT2D eigenvalue weighted by Crippen LogP contribution is -2.36. The Hall–Kier alpha value is -1.50. The zero-order chi connectivity index (χ0) is 12.6. The van der Waals surface area contributed by atoms with E-state index >= 15 is 0 Å². The topological polar surface area (TPSA) is 38.3 Å². The average Bonchev–Trinajstić information content (AvgIpc) is 2.27. The number of carbonyl (C=O) groups excluding carboxylic acids is 1. The Labute approximate surface area is 106 Å². The van der Waals surface area contributed by atoms with Crippen molar-refractivity contribution >= 4 is 18.5 Å². The van der Waals surface area contributed by atoms with Gasteiger partial charge < -0.3 is 10.1 Å². The van der Waals surface area contributed by atoms with Crippen LogP contribution in [0.3, 0.4) is 0 Å². The summed E-state index contributed by atoms with van der Waals surface area (Å²) in [7, 11) is 0. The zero-order valence-electron chi connectivity index (χ0n) is 8.81. The van der Waals surface area contributed by atoms with Gasteiger partial charge >= 0.3 is 6.09 Å². The molecule has 1 aromatic rings. The molecule has 2 rings (SSSR count). The number of cyclic esters (lactones) is 1. The number of amides is 1. The van der Waals surface area contributed by atoms with Crippen molar-refractivity contribution in [3.05, 3.63) is 34.9 Å². The number of hydrogen-bond donors (Lipinski definition) is 1. The highest BCUT2D eigenvalue weighted by molar-refractivity contribution is 5.85. The molecular weight excluding hydrogens is 278 g/mol. The fourth-order valence-corrected chi connectivity index (χ4v) is 1.64. The predicted octanol–water partition coefficient (Wildman–Crippen LogP) is 2.84. The first-order valence-electron chi connectivity index (χ1n) is 4.77. The van der Waals surface area contributed by atoms with Gasteiger partial charge in [-0.3, -0.25) is 0 Å². The number of benzene rings is 1. The number of halogens is 5. The van der Waals surface area contributed by atoms with E-state index in [1.807, 2.05) is 0 Å². The molecule has 0 aromatic heterocycles. The van der Waals surface area contributed by atoms with Crippen molar-refractivity contribution in [2.45, 2.75) is 12.5 Å². The van der Waals surface area contributed by atoms with E-state index in [0.717, 1.165) is 0 Å². The monoisotopic (exact) mass is 285 g/mol. The summed E-state index contributed by atoms with van der Waals surface area (Å²) >= 11 is 0. The average molecular weight is 286 g/mol. The molecule has 0 unspecified atom stereocenters. The fourth-order valence-electron chi connectivity index (χ4n) is 1.64. The normalized spacial score (nSPS) is 18.7. The summed E-state index contributed by atoms with van der Waals surface area (Å²) in [6.07, 6.45) is -0.854. The molecule has 1 aliphatic rings. The van der Waals surface area contributed by atoms with E-state index in [-0.39, 0.29) is 31.5 Å². The molecule has 1 saturated heterocycles. The third-order valence-corrected chi connectivity index (χ3v) is 2.43. The van der Waals surface area contributed by atoms with Gasteiger partial charge in [0.1, 0.15) is 0 Å². The van der Waals surface area contributed by atoms with E-state index in [9.17, 15) is 22.4 Å². The van der Waals surface area contributed by atoms with E-state index < -0.39 is 41.0 Å². The molecule has 1 amide bonds. The third kappa shape index (κ3) is 2.50. The molecule has 8 heteroatoms. The van der Waals surface area contributed by atoms with Gasteiger partial charge in [-0.25, -0.2) is 22.4 Å². The van der Waals surface area contributed by atoms with Crippen molar-refractivity contribution in [2.24, 2.45) is 0 Å². The molecule has 0 saturated carbocycles. The van der Waals surface area contributed by atoms with Gasteiger partial charge in [0, 0.05) is 12.5 Å². The number of carbonyl (C=O) groups is 1. The molecule has 0 radical (unpaired) electrons. The molecule has 3 nitrogen and oxygen atoms in total. The Balaban J connectivity index is 0.00000162. The highest BCUT2D eigenvalue weighted by atomic mass is 35.5. The van der Waals surface area contributed by atoms with Gasteiger partial charge in [-0.15, -0.1) is 12.4 Å². The molecule has 0 bridgehead atoms. The molecule has 1 atom stereocenters. The quantitative estimate of drug-likeness (QED) is 0.636. The maximum atomic E-state index is 13.4. The van der Waals surface area contributed by atoms with Crippen LogP contribution in [-0.2, 0) is 4.74 Å². The van der Waals surface area contributed by atoms with Crippen LogP contribution in [0.4, 0.5) is 22.4 Å². The summed E-state index contributed by atoms with van der Waals surface area (Å²) in [4.78, 5) is 10.9. The molecule has 0 aliphatic carbocycles. The van der Waals surface area contributed by atoms with Crippen LogP contribution < -0.4 is 5.32 Å². The van der Waals surface area contributed by atoms with E-state index in [1.165, 1.54) is 0 Å². The van der Waals surface area contributed by atoms with Gasteiger partial charge in [0.15, 0.2) is 23.3 Å². The lowest BCUT2D eigenvalue weighted by Gasteiger charge is -2.24. The van der Waals surface area contributed by atoms with Crippen LogP contribution in [0.1, 0.15) is 18.0 Å². The molecule has 1 aromatic carbocycles. The van der Waals surface area contributed by atoms with Gasteiger partial charge in [-0.1, -0.05) is 0 Å². The molecule has 100 valence electrons. The second-order valence-corrected chi connectivity index (χ2v) is 3.50. The van der Waals surface area contributed by atoms with Crippen LogP contribution in [0.5, 0.6) is 0 Å². The minimum absolute atomic E-state index is 0. The summed E-state index contributed by atoms with van der Waals surface area (Å²) in [6, 6.07) is -1.02. The number of ether oxygens (including phenoxy) is 1. The maximum absolute atomic E-state index is 13.4. The summed E-state index contributed by atoms with van der Waals surface area (Å²) < 4.78 is 57.1. The molecular formula is C10H8ClF4NO2. The van der Waals surface area contributed by atoms with Crippen molar-refractivity contribution in [3.63, 3.8) is 0 Å². The van der Waals surface area contributed by atoms with Crippen molar-refractivity contribution in [2.75, 3.05) is 6.61 Å². The molecule has 1 aliphatic heterocycles. The van der Waals surface area contributed by atoms with Crippen molar-refractivity contribution in [3.8, 4) is 0 Å². The second-order valence-electron chi connectivity index (χ2n) is 3.50. The van der Waals surface area contributed by atoms with Crippen molar-refractivity contribution < 1.29 is 27.1 Å². The SMILES string of the molecule is Cl.O=C1N[C@@H](c2c(F)c(F)cc(F)c2F)CCO1. The summed E-state index contributed by atoms with van der Waals surface area (Å²) in [5.41, 5.74) is -0.820. The third-order valence-electron chi connectivity index (χ3n) is 2.43. The van der Waals surface area contributed by atoms with Crippen LogP contribution in [-0.4, -0.2) is 12.7 Å². The number of hydrogen-bond acceptors (Lipinski definition) is 2. The van der Waals surface area contributed by atoms with Crippen LogP contribution in [0.25, 0.3) is 0 Å². The number of alkyl carbamates (subject to hydrolysis) is 1. The van der Waals surface area contributed by atoms with Gasteiger partial charge in [0.25, 0.3) is 0 Å². The molecule has 0 spiro atoms. The summed E-state index contributed by atoms with van der Waals surface area (Å²) in [5.74, 6) is -6.01. The minimum Gasteiger partial charge on any atom is -0.449 e. The van der Waals surface area contributed by atoms with Crippen molar-refractivity contribution in [1.29, 1.82) is 0 Å². The van der Waals surface area contributed by atoms with Gasteiger partial charge in [-0.2, -0.15) is 0 Å². The summed E-state index contributed by atoms with van der Waals surface area (Å²) in [5, 5.41) is 2.09. The molecule has 1 fully saturated rings. The lowest BCUT2D eigenvalue weighted by atomic mass is 10.0. The minimum atomic E-state index is -1.50. The number of rotatable bonds is 1. The maximum Gasteiger partial charge on any atom is 0.407 e. The predicted molar refractivity (Wildman–Crippen MR) is 55.4 cm³/mol. The standard InChI is InChI=1S/C10H7F4NO2.ClH/c11-4-3-5(12)9(14)7(8(4)13)6-1-2-17-10(16)15-6;/h3,6H,1-2H2,(H,15,16);1H/t6-;/m1./s1. The lowest BCUT2D eigenvalue weighted by molar-refractivity contribution is 0.114. The first-order chi connectivity index (χ1) is 8.00. The van der Waals surface area contributed by atoms with E-state index in [1.54, 1.807) is 0 Å². The summed E-state index contributed by atoms with van der Waals surface area (Å²) in [6.45, 7) is -0.0759. The second kappa shape index (κ2) is 5.43. The Kier molecular flexibility index (Phi) is 4.39. The first-order valence-corrected chi connectivity index (χ1v) is 4.77. The Morgan fingerprint density at radius 3 is 2.22 bits per heavy atom. The Morgan fingerprint density at radius 2 is 1.72 bits per heavy atom. The highest BCUT2D eigenvalue weighted by Crippen LogP contribution is 2.28. The van der Waals surface area contributed by atoms with Crippen LogP contribution >= 0.6 is 12.4 Å².